The second-order valence-corrected chi connectivity index (χ2v) is 5.91. The van der Waals surface area contributed by atoms with Gasteiger partial charge in [0.05, 0.1) is 18.6 Å². The van der Waals surface area contributed by atoms with Crippen molar-refractivity contribution in [2.75, 3.05) is 12.9 Å². The molecule has 0 bridgehead atoms. The fourth-order valence-electron chi connectivity index (χ4n) is 1.95. The van der Waals surface area contributed by atoms with Crippen LogP contribution in [0, 0.1) is 13.8 Å². The number of aryl methyl sites for hydroxylation is 2. The normalized spacial score (nSPS) is 10.5. The first-order valence-electron chi connectivity index (χ1n) is 6.99. The van der Waals surface area contributed by atoms with Crippen LogP contribution in [-0.4, -0.2) is 23.9 Å². The van der Waals surface area contributed by atoms with E-state index in [9.17, 15) is 4.79 Å². The van der Waals surface area contributed by atoms with Crippen LogP contribution in [0.25, 0.3) is 0 Å². The average molecular weight is 320 g/mol. The maximum absolute atomic E-state index is 11.8. The molecular weight excluding hydrogens is 300 g/mol. The molecule has 2 rings (SSSR count). The van der Waals surface area contributed by atoms with E-state index in [4.69, 9.17) is 9.26 Å². The zero-order chi connectivity index (χ0) is 15.9. The first-order chi connectivity index (χ1) is 10.6. The van der Waals surface area contributed by atoms with Crippen molar-refractivity contribution in [2.24, 2.45) is 0 Å². The predicted octanol–water partition coefficient (Wildman–Crippen LogP) is 2.85. The number of thioether (sulfide) groups is 1. The molecule has 0 aliphatic heterocycles. The predicted molar refractivity (Wildman–Crippen MR) is 87.0 cm³/mol. The Morgan fingerprint density at radius 3 is 2.64 bits per heavy atom. The molecule has 0 saturated carbocycles. The SMILES string of the molecule is COc1ccc(CNC(=O)CSCc2c(C)noc2C)cc1. The van der Waals surface area contributed by atoms with E-state index in [0.717, 1.165) is 34.1 Å². The third-order valence-electron chi connectivity index (χ3n) is 3.31. The number of benzene rings is 1. The van der Waals surface area contributed by atoms with Gasteiger partial charge in [0, 0.05) is 17.9 Å². The smallest absolute Gasteiger partial charge is 0.230 e. The summed E-state index contributed by atoms with van der Waals surface area (Å²) in [5.41, 5.74) is 3.02. The first-order valence-corrected chi connectivity index (χ1v) is 8.14. The Kier molecular flexibility index (Phi) is 5.89. The monoisotopic (exact) mass is 320 g/mol. The van der Waals surface area contributed by atoms with E-state index in [2.05, 4.69) is 10.5 Å². The maximum atomic E-state index is 11.8. The molecule has 1 heterocycles. The quantitative estimate of drug-likeness (QED) is 0.850. The van der Waals surface area contributed by atoms with Crippen LogP contribution in [0.1, 0.15) is 22.6 Å². The molecule has 0 unspecified atom stereocenters. The molecule has 0 radical (unpaired) electrons. The largest absolute Gasteiger partial charge is 0.497 e. The topological polar surface area (TPSA) is 64.4 Å². The van der Waals surface area contributed by atoms with Gasteiger partial charge in [-0.2, -0.15) is 0 Å². The van der Waals surface area contributed by atoms with Crippen molar-refractivity contribution in [1.29, 1.82) is 0 Å². The van der Waals surface area contributed by atoms with Crippen LogP contribution in [0.15, 0.2) is 28.8 Å². The molecule has 0 aliphatic rings. The zero-order valence-corrected chi connectivity index (χ0v) is 13.8. The molecule has 0 atom stereocenters. The number of amides is 1. The molecule has 1 aromatic carbocycles. The van der Waals surface area contributed by atoms with Crippen molar-refractivity contribution in [1.82, 2.24) is 10.5 Å². The van der Waals surface area contributed by atoms with E-state index < -0.39 is 0 Å². The number of nitrogens with zero attached hydrogens (tertiary/aromatic N) is 1. The van der Waals surface area contributed by atoms with E-state index in [1.54, 1.807) is 18.9 Å². The minimum absolute atomic E-state index is 0.0209. The lowest BCUT2D eigenvalue weighted by Gasteiger charge is -2.06. The number of methoxy groups -OCH3 is 1. The summed E-state index contributed by atoms with van der Waals surface area (Å²) >= 11 is 1.56. The molecule has 0 saturated heterocycles. The van der Waals surface area contributed by atoms with Gasteiger partial charge < -0.3 is 14.6 Å². The van der Waals surface area contributed by atoms with Crippen LogP contribution in [0.5, 0.6) is 5.75 Å². The second-order valence-electron chi connectivity index (χ2n) is 4.92. The van der Waals surface area contributed by atoms with Gasteiger partial charge in [0.1, 0.15) is 11.5 Å². The van der Waals surface area contributed by atoms with Crippen LogP contribution in [0.2, 0.25) is 0 Å². The third-order valence-corrected chi connectivity index (χ3v) is 4.27. The highest BCUT2D eigenvalue weighted by atomic mass is 32.2. The number of hydrogen-bond acceptors (Lipinski definition) is 5. The zero-order valence-electron chi connectivity index (χ0n) is 13.0. The minimum atomic E-state index is 0.0209. The van der Waals surface area contributed by atoms with Crippen molar-refractivity contribution in [3.8, 4) is 5.75 Å². The molecule has 0 fully saturated rings. The number of carbonyl (C=O) groups is 1. The average Bonchev–Trinajstić information content (AvgIpc) is 2.85. The van der Waals surface area contributed by atoms with Crippen LogP contribution >= 0.6 is 11.8 Å². The molecule has 2 aromatic rings. The second kappa shape index (κ2) is 7.89. The van der Waals surface area contributed by atoms with E-state index in [1.807, 2.05) is 38.1 Å². The lowest BCUT2D eigenvalue weighted by Crippen LogP contribution is -2.24. The van der Waals surface area contributed by atoms with Gasteiger partial charge in [-0.05, 0) is 31.5 Å². The highest BCUT2D eigenvalue weighted by Crippen LogP contribution is 2.19. The fraction of sp³-hybridized carbons (Fsp3) is 0.375. The van der Waals surface area contributed by atoms with E-state index in [1.165, 1.54) is 0 Å². The highest BCUT2D eigenvalue weighted by Gasteiger charge is 2.10. The molecule has 1 N–H and O–H groups in total. The van der Waals surface area contributed by atoms with Crippen molar-refractivity contribution in [3.05, 3.63) is 46.8 Å². The number of ether oxygens (including phenoxy) is 1. The third kappa shape index (κ3) is 4.53. The van der Waals surface area contributed by atoms with Crippen molar-refractivity contribution in [2.45, 2.75) is 26.1 Å². The summed E-state index contributed by atoms with van der Waals surface area (Å²) in [4.78, 5) is 11.8. The summed E-state index contributed by atoms with van der Waals surface area (Å²) in [6.45, 7) is 4.32. The number of rotatable bonds is 7. The molecule has 0 spiro atoms. The summed E-state index contributed by atoms with van der Waals surface area (Å²) < 4.78 is 10.2. The van der Waals surface area contributed by atoms with Gasteiger partial charge in [-0.1, -0.05) is 17.3 Å². The van der Waals surface area contributed by atoms with Crippen LogP contribution in [0.4, 0.5) is 0 Å². The van der Waals surface area contributed by atoms with Crippen LogP contribution in [0.3, 0.4) is 0 Å². The summed E-state index contributed by atoms with van der Waals surface area (Å²) in [5, 5.41) is 6.81. The Balaban J connectivity index is 1.71. The number of aromatic nitrogens is 1. The number of nitrogens with one attached hydrogen (secondary N) is 1. The van der Waals surface area contributed by atoms with E-state index >= 15 is 0 Å². The van der Waals surface area contributed by atoms with E-state index in [-0.39, 0.29) is 5.91 Å². The molecule has 118 valence electrons. The maximum Gasteiger partial charge on any atom is 0.230 e. The Bertz CT molecular complexity index is 603. The van der Waals surface area contributed by atoms with E-state index in [0.29, 0.717) is 12.3 Å². The van der Waals surface area contributed by atoms with Gasteiger partial charge >= 0.3 is 0 Å². The van der Waals surface area contributed by atoms with Gasteiger partial charge in [-0.25, -0.2) is 0 Å². The first kappa shape index (κ1) is 16.4. The molecular formula is C16H20N2O3S. The summed E-state index contributed by atoms with van der Waals surface area (Å²) in [6.07, 6.45) is 0. The molecule has 22 heavy (non-hydrogen) atoms. The Morgan fingerprint density at radius 2 is 2.05 bits per heavy atom. The minimum Gasteiger partial charge on any atom is -0.497 e. The summed E-state index contributed by atoms with van der Waals surface area (Å²) in [5.74, 6) is 2.80. The lowest BCUT2D eigenvalue weighted by atomic mass is 10.2. The van der Waals surface area contributed by atoms with Crippen molar-refractivity contribution in [3.63, 3.8) is 0 Å². The summed E-state index contributed by atoms with van der Waals surface area (Å²) in [6, 6.07) is 7.65. The Hall–Kier alpha value is -1.95. The fourth-order valence-corrected chi connectivity index (χ4v) is 2.95. The van der Waals surface area contributed by atoms with Crippen LogP contribution in [-0.2, 0) is 17.1 Å². The van der Waals surface area contributed by atoms with Gasteiger partial charge in [-0.3, -0.25) is 4.79 Å². The molecule has 6 heteroatoms. The standard InChI is InChI=1S/C16H20N2O3S/c1-11-15(12(2)21-18-11)9-22-10-16(19)17-8-13-4-6-14(20-3)7-5-13/h4-7H,8-10H2,1-3H3,(H,17,19). The van der Waals surface area contributed by atoms with Crippen molar-refractivity contribution < 1.29 is 14.1 Å². The Labute approximate surface area is 134 Å². The number of hydrogen-bond donors (Lipinski definition) is 1. The number of carbonyl (C=O) groups excluding carboxylic acids is 1. The molecule has 1 amide bonds. The van der Waals surface area contributed by atoms with Crippen LogP contribution < -0.4 is 10.1 Å². The molecule has 1 aromatic heterocycles. The lowest BCUT2D eigenvalue weighted by molar-refractivity contribution is -0.118. The highest BCUT2D eigenvalue weighted by molar-refractivity contribution is 7.99. The van der Waals surface area contributed by atoms with Gasteiger partial charge in [0.25, 0.3) is 0 Å². The molecule has 5 nitrogen and oxygen atoms in total. The van der Waals surface area contributed by atoms with Gasteiger partial charge in [0.15, 0.2) is 0 Å². The van der Waals surface area contributed by atoms with Gasteiger partial charge in [-0.15, -0.1) is 11.8 Å². The van der Waals surface area contributed by atoms with Gasteiger partial charge in [0.2, 0.25) is 5.91 Å². The van der Waals surface area contributed by atoms with Crippen molar-refractivity contribution >= 4 is 17.7 Å². The Morgan fingerprint density at radius 1 is 1.32 bits per heavy atom. The molecule has 0 aliphatic carbocycles. The summed E-state index contributed by atoms with van der Waals surface area (Å²) in [7, 11) is 1.63.